The van der Waals surface area contributed by atoms with Gasteiger partial charge in [-0.15, -0.1) is 0 Å². The van der Waals surface area contributed by atoms with Crippen LogP contribution in [0.1, 0.15) is 43.1 Å². The number of halogens is 1. The Bertz CT molecular complexity index is 441. The van der Waals surface area contributed by atoms with Crippen molar-refractivity contribution in [3.05, 3.63) is 34.3 Å². The second-order valence-electron chi connectivity index (χ2n) is 3.78. The van der Waals surface area contributed by atoms with Crippen LogP contribution in [0.3, 0.4) is 0 Å². The van der Waals surface area contributed by atoms with Crippen LogP contribution in [0.25, 0.3) is 0 Å². The van der Waals surface area contributed by atoms with Gasteiger partial charge in [0, 0.05) is 16.1 Å². The predicted octanol–water partition coefficient (Wildman–Crippen LogP) is 3.85. The Morgan fingerprint density at radius 2 is 2.12 bits per heavy atom. The maximum Gasteiger partial charge on any atom is 0.160 e. The number of nitrogens with zero attached hydrogens (tertiary/aromatic N) is 1. The molecule has 0 saturated heterocycles. The third kappa shape index (κ3) is 3.86. The molecule has 1 rings (SSSR count). The predicted molar refractivity (Wildman–Crippen MR) is 69.6 cm³/mol. The van der Waals surface area contributed by atoms with Crippen molar-refractivity contribution in [3.63, 3.8) is 0 Å². The van der Waals surface area contributed by atoms with Crippen LogP contribution in [-0.4, -0.2) is 11.5 Å². The lowest BCUT2D eigenvalue weighted by molar-refractivity contribution is 0.100. The summed E-state index contributed by atoms with van der Waals surface area (Å²) in [4.78, 5) is 16.6. The number of oxime groups is 1. The fraction of sp³-hybridized carbons (Fsp3) is 0.385. The minimum absolute atomic E-state index is 0.0257. The van der Waals surface area contributed by atoms with Crippen LogP contribution in [0.15, 0.2) is 23.4 Å². The molecule has 0 amide bonds. The van der Waals surface area contributed by atoms with E-state index >= 15 is 0 Å². The highest BCUT2D eigenvalue weighted by Gasteiger charge is 2.10. The van der Waals surface area contributed by atoms with Gasteiger partial charge in [-0.25, -0.2) is 0 Å². The summed E-state index contributed by atoms with van der Waals surface area (Å²) in [5.74, 6) is -0.0257. The molecule has 0 atom stereocenters. The molecule has 17 heavy (non-hydrogen) atoms. The van der Waals surface area contributed by atoms with E-state index in [9.17, 15) is 4.79 Å². The van der Waals surface area contributed by atoms with E-state index in [2.05, 4.69) is 5.16 Å². The number of ketones is 1. The molecule has 0 radical (unpaired) electrons. The molecule has 92 valence electrons. The number of carbonyl (C=O) groups excluding carboxylic acids is 1. The SMILES string of the molecule is CCC(C)=NOCc1c(Cl)cccc1C(C)=O. The molecule has 1 aromatic rings. The highest BCUT2D eigenvalue weighted by atomic mass is 35.5. The zero-order valence-corrected chi connectivity index (χ0v) is 11.0. The van der Waals surface area contributed by atoms with E-state index in [1.165, 1.54) is 6.92 Å². The molecule has 0 aromatic heterocycles. The Kier molecular flexibility index (Phi) is 5.16. The zero-order valence-electron chi connectivity index (χ0n) is 10.3. The van der Waals surface area contributed by atoms with Gasteiger partial charge in [0.1, 0.15) is 6.61 Å². The van der Waals surface area contributed by atoms with Gasteiger partial charge in [0.05, 0.1) is 5.71 Å². The van der Waals surface area contributed by atoms with Gasteiger partial charge in [-0.05, 0) is 26.3 Å². The Morgan fingerprint density at radius 1 is 1.41 bits per heavy atom. The van der Waals surface area contributed by atoms with Crippen molar-refractivity contribution in [3.8, 4) is 0 Å². The van der Waals surface area contributed by atoms with Crippen LogP contribution < -0.4 is 0 Å². The molecule has 4 heteroatoms. The van der Waals surface area contributed by atoms with Gasteiger partial charge >= 0.3 is 0 Å². The van der Waals surface area contributed by atoms with Crippen LogP contribution in [0, 0.1) is 0 Å². The van der Waals surface area contributed by atoms with Crippen LogP contribution in [0.5, 0.6) is 0 Å². The zero-order chi connectivity index (χ0) is 12.8. The fourth-order valence-corrected chi connectivity index (χ4v) is 1.54. The molecule has 1 aromatic carbocycles. The van der Waals surface area contributed by atoms with Crippen molar-refractivity contribution < 1.29 is 9.63 Å². The first-order valence-electron chi connectivity index (χ1n) is 5.50. The third-order valence-corrected chi connectivity index (χ3v) is 2.79. The van der Waals surface area contributed by atoms with E-state index in [-0.39, 0.29) is 12.4 Å². The van der Waals surface area contributed by atoms with Crippen molar-refractivity contribution in [2.75, 3.05) is 0 Å². The highest BCUT2D eigenvalue weighted by Crippen LogP contribution is 2.21. The molecule has 0 unspecified atom stereocenters. The number of Topliss-reactive ketones (excluding diaryl/α,β-unsaturated/α-hetero) is 1. The van der Waals surface area contributed by atoms with Crippen molar-refractivity contribution in [2.24, 2.45) is 5.16 Å². The summed E-state index contributed by atoms with van der Waals surface area (Å²) in [7, 11) is 0. The molecule has 0 aliphatic rings. The molecule has 0 aliphatic carbocycles. The standard InChI is InChI=1S/C13H16ClNO2/c1-4-9(2)15-17-8-12-11(10(3)16)6-5-7-13(12)14/h5-7H,4,8H2,1-3H3. The smallest absolute Gasteiger partial charge is 0.160 e. The van der Waals surface area contributed by atoms with E-state index in [0.717, 1.165) is 12.1 Å². The molecular formula is C13H16ClNO2. The maximum absolute atomic E-state index is 11.4. The topological polar surface area (TPSA) is 38.7 Å². The summed E-state index contributed by atoms with van der Waals surface area (Å²) < 4.78 is 0. The van der Waals surface area contributed by atoms with Gasteiger partial charge in [0.15, 0.2) is 5.78 Å². The van der Waals surface area contributed by atoms with E-state index in [1.807, 2.05) is 13.8 Å². The Labute approximate surface area is 106 Å². The van der Waals surface area contributed by atoms with Crippen molar-refractivity contribution in [2.45, 2.75) is 33.8 Å². The second kappa shape index (κ2) is 6.40. The van der Waals surface area contributed by atoms with E-state index in [1.54, 1.807) is 18.2 Å². The van der Waals surface area contributed by atoms with Gasteiger partial charge in [-0.2, -0.15) is 0 Å². The van der Waals surface area contributed by atoms with Gasteiger partial charge in [-0.3, -0.25) is 4.79 Å². The minimum Gasteiger partial charge on any atom is -0.391 e. The summed E-state index contributed by atoms with van der Waals surface area (Å²) >= 11 is 6.04. The first-order chi connectivity index (χ1) is 8.06. The molecule has 0 aliphatic heterocycles. The Morgan fingerprint density at radius 3 is 2.71 bits per heavy atom. The van der Waals surface area contributed by atoms with E-state index in [0.29, 0.717) is 16.1 Å². The summed E-state index contributed by atoms with van der Waals surface area (Å²) in [6.45, 7) is 5.61. The summed E-state index contributed by atoms with van der Waals surface area (Å²) in [5.41, 5.74) is 2.18. The Hall–Kier alpha value is -1.35. The molecule has 3 nitrogen and oxygen atoms in total. The number of hydrogen-bond donors (Lipinski definition) is 0. The average molecular weight is 254 g/mol. The fourth-order valence-electron chi connectivity index (χ4n) is 1.31. The molecule has 0 spiro atoms. The second-order valence-corrected chi connectivity index (χ2v) is 4.18. The Balaban J connectivity index is 2.86. The average Bonchev–Trinajstić information content (AvgIpc) is 2.30. The van der Waals surface area contributed by atoms with Crippen molar-refractivity contribution in [1.82, 2.24) is 0 Å². The molecular weight excluding hydrogens is 238 g/mol. The largest absolute Gasteiger partial charge is 0.391 e. The van der Waals surface area contributed by atoms with Gasteiger partial charge in [-0.1, -0.05) is 35.8 Å². The van der Waals surface area contributed by atoms with Gasteiger partial charge in [0.25, 0.3) is 0 Å². The summed E-state index contributed by atoms with van der Waals surface area (Å²) in [6.07, 6.45) is 0.835. The van der Waals surface area contributed by atoms with Crippen LogP contribution in [-0.2, 0) is 11.4 Å². The number of hydrogen-bond acceptors (Lipinski definition) is 3. The number of rotatable bonds is 5. The lowest BCUT2D eigenvalue weighted by Crippen LogP contribution is -2.02. The number of benzene rings is 1. The third-order valence-electron chi connectivity index (χ3n) is 2.44. The molecule has 0 bridgehead atoms. The van der Waals surface area contributed by atoms with Crippen molar-refractivity contribution in [1.29, 1.82) is 0 Å². The first kappa shape index (κ1) is 13.7. The van der Waals surface area contributed by atoms with Crippen LogP contribution >= 0.6 is 11.6 Å². The lowest BCUT2D eigenvalue weighted by Gasteiger charge is -2.08. The normalized spacial score (nSPS) is 11.4. The minimum atomic E-state index is -0.0257. The first-order valence-corrected chi connectivity index (χ1v) is 5.87. The lowest BCUT2D eigenvalue weighted by atomic mass is 10.1. The molecule has 0 N–H and O–H groups in total. The quantitative estimate of drug-likeness (QED) is 0.454. The molecule has 0 saturated carbocycles. The van der Waals surface area contributed by atoms with Gasteiger partial charge < -0.3 is 4.84 Å². The van der Waals surface area contributed by atoms with E-state index in [4.69, 9.17) is 16.4 Å². The number of carbonyl (C=O) groups is 1. The maximum atomic E-state index is 11.4. The van der Waals surface area contributed by atoms with Gasteiger partial charge in [0.2, 0.25) is 0 Å². The van der Waals surface area contributed by atoms with E-state index < -0.39 is 0 Å². The molecule has 0 fully saturated rings. The monoisotopic (exact) mass is 253 g/mol. The highest BCUT2D eigenvalue weighted by molar-refractivity contribution is 6.31. The van der Waals surface area contributed by atoms with Crippen LogP contribution in [0.2, 0.25) is 5.02 Å². The van der Waals surface area contributed by atoms with Crippen molar-refractivity contribution >= 4 is 23.1 Å². The molecule has 0 heterocycles. The summed E-state index contributed by atoms with van der Waals surface area (Å²) in [6, 6.07) is 5.23. The summed E-state index contributed by atoms with van der Waals surface area (Å²) in [5, 5.41) is 4.46. The van der Waals surface area contributed by atoms with Crippen LogP contribution in [0.4, 0.5) is 0 Å².